The van der Waals surface area contributed by atoms with E-state index in [0.29, 0.717) is 11.6 Å². The van der Waals surface area contributed by atoms with Gasteiger partial charge in [0, 0.05) is 31.9 Å². The summed E-state index contributed by atoms with van der Waals surface area (Å²) >= 11 is 0. The Kier molecular flexibility index (Phi) is 5.29. The van der Waals surface area contributed by atoms with Gasteiger partial charge in [0.2, 0.25) is 0 Å². The van der Waals surface area contributed by atoms with Gasteiger partial charge >= 0.3 is 0 Å². The highest BCUT2D eigenvalue weighted by atomic mass is 15.1. The highest BCUT2D eigenvalue weighted by Gasteiger charge is 2.23. The fourth-order valence-electron chi connectivity index (χ4n) is 3.80. The summed E-state index contributed by atoms with van der Waals surface area (Å²) in [6, 6.07) is 6.30. The van der Waals surface area contributed by atoms with Crippen LogP contribution in [0.25, 0.3) is 0 Å². The molecule has 1 saturated heterocycles. The van der Waals surface area contributed by atoms with E-state index in [0.717, 1.165) is 24.6 Å². The minimum absolute atomic E-state index is 0.449. The lowest BCUT2D eigenvalue weighted by molar-refractivity contribution is 0.168. The first-order valence-electron chi connectivity index (χ1n) is 8.69. The molecule has 22 heavy (non-hydrogen) atoms. The largest absolute Gasteiger partial charge is 0.366 e. The number of rotatable bonds is 4. The van der Waals surface area contributed by atoms with E-state index in [2.05, 4.69) is 21.3 Å². The van der Waals surface area contributed by atoms with Crippen LogP contribution in [0.3, 0.4) is 0 Å². The van der Waals surface area contributed by atoms with Gasteiger partial charge in [-0.15, -0.1) is 0 Å². The van der Waals surface area contributed by atoms with Crippen LogP contribution in [-0.4, -0.2) is 35.6 Å². The number of nitrogens with zero attached hydrogens (tertiary/aromatic N) is 3. The quantitative estimate of drug-likeness (QED) is 0.925. The second-order valence-electron chi connectivity index (χ2n) is 6.73. The second-order valence-corrected chi connectivity index (χ2v) is 6.73. The average Bonchev–Trinajstić information content (AvgIpc) is 2.58. The van der Waals surface area contributed by atoms with Crippen molar-refractivity contribution >= 4 is 5.82 Å². The fraction of sp³-hybridized carbons (Fsp3) is 0.667. The summed E-state index contributed by atoms with van der Waals surface area (Å²) in [6.45, 7) is 3.63. The SMILES string of the molecule is N#Cc1cccnc1NC1CCN(CC2CCCCC2)CC1. The standard InChI is InChI=1S/C18H26N4/c19-13-16-7-4-10-20-18(16)21-17-8-11-22(12-9-17)14-15-5-2-1-3-6-15/h4,7,10,15,17H,1-3,5-6,8-9,11-12,14H2,(H,20,21). The Balaban J connectivity index is 1.46. The van der Waals surface area contributed by atoms with E-state index in [1.807, 2.05) is 12.1 Å². The number of hydrogen-bond acceptors (Lipinski definition) is 4. The van der Waals surface area contributed by atoms with Crippen LogP contribution in [0.4, 0.5) is 5.82 Å². The highest BCUT2D eigenvalue weighted by molar-refractivity contribution is 5.51. The summed E-state index contributed by atoms with van der Waals surface area (Å²) in [5.41, 5.74) is 0.645. The Morgan fingerprint density at radius 3 is 2.68 bits per heavy atom. The number of hydrogen-bond donors (Lipinski definition) is 1. The van der Waals surface area contributed by atoms with Crippen molar-refractivity contribution in [2.24, 2.45) is 5.92 Å². The number of likely N-dealkylation sites (tertiary alicyclic amines) is 1. The predicted molar refractivity (Wildman–Crippen MR) is 88.6 cm³/mol. The zero-order valence-electron chi connectivity index (χ0n) is 13.3. The first-order valence-corrected chi connectivity index (χ1v) is 8.69. The van der Waals surface area contributed by atoms with Crippen molar-refractivity contribution in [1.29, 1.82) is 5.26 Å². The molecule has 0 bridgehead atoms. The Hall–Kier alpha value is -1.60. The Bertz CT molecular complexity index is 508. The number of anilines is 1. The van der Waals surface area contributed by atoms with Crippen molar-refractivity contribution in [3.8, 4) is 6.07 Å². The second kappa shape index (κ2) is 7.60. The van der Waals surface area contributed by atoms with Crippen molar-refractivity contribution in [2.45, 2.75) is 51.0 Å². The summed E-state index contributed by atoms with van der Waals surface area (Å²) < 4.78 is 0. The first-order chi connectivity index (χ1) is 10.8. The third-order valence-electron chi connectivity index (χ3n) is 5.10. The molecule has 2 fully saturated rings. The summed E-state index contributed by atoms with van der Waals surface area (Å²) in [6.07, 6.45) is 11.2. The lowest BCUT2D eigenvalue weighted by atomic mass is 9.88. The molecular weight excluding hydrogens is 272 g/mol. The molecule has 1 aromatic rings. The molecule has 0 amide bonds. The number of nitrogens with one attached hydrogen (secondary N) is 1. The zero-order valence-corrected chi connectivity index (χ0v) is 13.3. The Morgan fingerprint density at radius 2 is 1.95 bits per heavy atom. The van der Waals surface area contributed by atoms with E-state index in [1.165, 1.54) is 51.7 Å². The van der Waals surface area contributed by atoms with Crippen LogP contribution in [0.15, 0.2) is 18.3 Å². The van der Waals surface area contributed by atoms with E-state index in [1.54, 1.807) is 6.20 Å². The van der Waals surface area contributed by atoms with Crippen LogP contribution in [0.1, 0.15) is 50.5 Å². The lowest BCUT2D eigenvalue weighted by Crippen LogP contribution is -2.41. The molecule has 1 saturated carbocycles. The fourth-order valence-corrected chi connectivity index (χ4v) is 3.80. The molecule has 0 radical (unpaired) electrons. The maximum atomic E-state index is 9.13. The van der Waals surface area contributed by atoms with Gasteiger partial charge in [0.1, 0.15) is 11.9 Å². The number of piperidine rings is 1. The summed E-state index contributed by atoms with van der Waals surface area (Å²) in [7, 11) is 0. The van der Waals surface area contributed by atoms with Crippen LogP contribution < -0.4 is 5.32 Å². The monoisotopic (exact) mass is 298 g/mol. The van der Waals surface area contributed by atoms with Gasteiger partial charge in [-0.2, -0.15) is 5.26 Å². The summed E-state index contributed by atoms with van der Waals surface area (Å²) in [4.78, 5) is 6.95. The summed E-state index contributed by atoms with van der Waals surface area (Å²) in [5.74, 6) is 1.68. The zero-order chi connectivity index (χ0) is 15.2. The van der Waals surface area contributed by atoms with Gasteiger partial charge in [-0.1, -0.05) is 19.3 Å². The van der Waals surface area contributed by atoms with E-state index in [4.69, 9.17) is 5.26 Å². The number of aromatic nitrogens is 1. The van der Waals surface area contributed by atoms with Crippen LogP contribution in [0.5, 0.6) is 0 Å². The van der Waals surface area contributed by atoms with Crippen LogP contribution in [0.2, 0.25) is 0 Å². The first kappa shape index (κ1) is 15.3. The third-order valence-corrected chi connectivity index (χ3v) is 5.10. The van der Waals surface area contributed by atoms with Crippen molar-refractivity contribution in [2.75, 3.05) is 25.0 Å². The molecule has 4 nitrogen and oxygen atoms in total. The number of pyridine rings is 1. The predicted octanol–water partition coefficient (Wildman–Crippen LogP) is 3.41. The molecule has 0 spiro atoms. The average molecular weight is 298 g/mol. The molecule has 2 heterocycles. The molecule has 1 N–H and O–H groups in total. The van der Waals surface area contributed by atoms with Crippen molar-refractivity contribution in [3.63, 3.8) is 0 Å². The maximum Gasteiger partial charge on any atom is 0.144 e. The topological polar surface area (TPSA) is 52.0 Å². The maximum absolute atomic E-state index is 9.13. The summed E-state index contributed by atoms with van der Waals surface area (Å²) in [5, 5.41) is 12.6. The molecule has 0 atom stereocenters. The lowest BCUT2D eigenvalue weighted by Gasteiger charge is -2.35. The molecule has 0 unspecified atom stereocenters. The van der Waals surface area contributed by atoms with E-state index >= 15 is 0 Å². The van der Waals surface area contributed by atoms with Crippen molar-refractivity contribution < 1.29 is 0 Å². The molecular formula is C18H26N4. The van der Waals surface area contributed by atoms with Gasteiger partial charge in [-0.3, -0.25) is 0 Å². The molecule has 1 aromatic heterocycles. The van der Waals surface area contributed by atoms with Crippen LogP contribution >= 0.6 is 0 Å². The molecule has 2 aliphatic rings. The van der Waals surface area contributed by atoms with Gasteiger partial charge in [-0.05, 0) is 43.7 Å². The number of nitriles is 1. The van der Waals surface area contributed by atoms with E-state index < -0.39 is 0 Å². The highest BCUT2D eigenvalue weighted by Crippen LogP contribution is 2.26. The minimum atomic E-state index is 0.449. The molecule has 3 rings (SSSR count). The molecule has 1 aliphatic heterocycles. The minimum Gasteiger partial charge on any atom is -0.366 e. The van der Waals surface area contributed by atoms with Gasteiger partial charge in [0.05, 0.1) is 5.56 Å². The van der Waals surface area contributed by atoms with Crippen LogP contribution in [-0.2, 0) is 0 Å². The normalized spacial score (nSPS) is 21.4. The van der Waals surface area contributed by atoms with Gasteiger partial charge in [0.15, 0.2) is 0 Å². The van der Waals surface area contributed by atoms with Gasteiger partial charge < -0.3 is 10.2 Å². The van der Waals surface area contributed by atoms with Crippen molar-refractivity contribution in [1.82, 2.24) is 9.88 Å². The molecule has 0 aromatic carbocycles. The van der Waals surface area contributed by atoms with Gasteiger partial charge in [0.25, 0.3) is 0 Å². The molecule has 118 valence electrons. The van der Waals surface area contributed by atoms with E-state index in [9.17, 15) is 0 Å². The third kappa shape index (κ3) is 3.98. The van der Waals surface area contributed by atoms with Crippen molar-refractivity contribution in [3.05, 3.63) is 23.9 Å². The smallest absolute Gasteiger partial charge is 0.144 e. The van der Waals surface area contributed by atoms with Gasteiger partial charge in [-0.25, -0.2) is 4.98 Å². The van der Waals surface area contributed by atoms with Crippen LogP contribution in [0, 0.1) is 17.2 Å². The molecule has 1 aliphatic carbocycles. The van der Waals surface area contributed by atoms with E-state index in [-0.39, 0.29) is 0 Å². The Labute approximate surface area is 133 Å². The Morgan fingerprint density at radius 1 is 1.18 bits per heavy atom. The molecule has 4 heteroatoms.